The summed E-state index contributed by atoms with van der Waals surface area (Å²) < 4.78 is 18.7. The van der Waals surface area contributed by atoms with Gasteiger partial charge in [-0.05, 0) is 50.6 Å². The van der Waals surface area contributed by atoms with Crippen LogP contribution in [0.4, 0.5) is 4.39 Å². The van der Waals surface area contributed by atoms with Gasteiger partial charge in [-0.2, -0.15) is 0 Å². The van der Waals surface area contributed by atoms with E-state index in [1.54, 1.807) is 12.1 Å². The van der Waals surface area contributed by atoms with E-state index in [4.69, 9.17) is 4.74 Å². The highest BCUT2D eigenvalue weighted by Crippen LogP contribution is 2.21. The van der Waals surface area contributed by atoms with E-state index in [0.717, 1.165) is 18.7 Å². The Balaban J connectivity index is 1.78. The van der Waals surface area contributed by atoms with Crippen LogP contribution in [0.15, 0.2) is 18.2 Å². The Kier molecular flexibility index (Phi) is 6.46. The zero-order valence-electron chi connectivity index (χ0n) is 13.2. The molecule has 0 bridgehead atoms. The van der Waals surface area contributed by atoms with Gasteiger partial charge in [-0.3, -0.25) is 0 Å². The molecule has 0 aliphatic carbocycles. The highest BCUT2D eigenvalue weighted by Gasteiger charge is 2.11. The van der Waals surface area contributed by atoms with E-state index in [9.17, 15) is 4.39 Å². The lowest BCUT2D eigenvalue weighted by molar-refractivity contribution is 0.280. The first-order valence-electron chi connectivity index (χ1n) is 8.00. The molecule has 1 atom stereocenters. The topological polar surface area (TPSA) is 24.5 Å². The van der Waals surface area contributed by atoms with Crippen molar-refractivity contribution in [2.24, 2.45) is 0 Å². The summed E-state index contributed by atoms with van der Waals surface area (Å²) in [5.74, 6) is 0.00619. The lowest BCUT2D eigenvalue weighted by Gasteiger charge is -2.22. The maximum Gasteiger partial charge on any atom is 0.165 e. The van der Waals surface area contributed by atoms with Crippen molar-refractivity contribution >= 4 is 0 Å². The summed E-state index contributed by atoms with van der Waals surface area (Å²) in [5.41, 5.74) is 0.962. The molecule has 0 spiro atoms. The number of methoxy groups -OCH3 is 1. The number of rotatable bonds is 6. The summed E-state index contributed by atoms with van der Waals surface area (Å²) in [7, 11) is 1.49. The van der Waals surface area contributed by atoms with Gasteiger partial charge in [0.1, 0.15) is 0 Å². The van der Waals surface area contributed by atoms with Gasteiger partial charge in [0.2, 0.25) is 0 Å². The Morgan fingerprint density at radius 1 is 1.24 bits per heavy atom. The average Bonchev–Trinajstić information content (AvgIpc) is 2.76. The number of nitrogens with zero attached hydrogens (tertiary/aromatic N) is 1. The first-order valence-corrected chi connectivity index (χ1v) is 8.00. The summed E-state index contributed by atoms with van der Waals surface area (Å²) >= 11 is 0. The Morgan fingerprint density at radius 2 is 1.95 bits per heavy atom. The molecule has 0 saturated carbocycles. The van der Waals surface area contributed by atoms with Crippen molar-refractivity contribution in [1.29, 1.82) is 0 Å². The normalized spacial score (nSPS) is 18.2. The average molecular weight is 294 g/mol. The van der Waals surface area contributed by atoms with E-state index in [0.29, 0.717) is 5.75 Å². The fraction of sp³-hybridized carbons (Fsp3) is 0.647. The minimum Gasteiger partial charge on any atom is -0.494 e. The molecule has 0 radical (unpaired) electrons. The van der Waals surface area contributed by atoms with Gasteiger partial charge in [0, 0.05) is 19.1 Å². The Bertz CT molecular complexity index is 431. The molecule has 21 heavy (non-hydrogen) atoms. The monoisotopic (exact) mass is 294 g/mol. The number of hydrogen-bond donors (Lipinski definition) is 1. The van der Waals surface area contributed by atoms with Crippen LogP contribution in [0.5, 0.6) is 5.75 Å². The second-order valence-electron chi connectivity index (χ2n) is 5.83. The minimum atomic E-state index is -0.295. The zero-order chi connectivity index (χ0) is 15.1. The van der Waals surface area contributed by atoms with E-state index < -0.39 is 0 Å². The van der Waals surface area contributed by atoms with Crippen molar-refractivity contribution < 1.29 is 9.13 Å². The van der Waals surface area contributed by atoms with Crippen molar-refractivity contribution in [2.75, 3.05) is 33.3 Å². The molecule has 1 fully saturated rings. The fourth-order valence-electron chi connectivity index (χ4n) is 2.87. The predicted molar refractivity (Wildman–Crippen MR) is 84.3 cm³/mol. The molecule has 0 aromatic heterocycles. The van der Waals surface area contributed by atoms with Gasteiger partial charge in [-0.1, -0.05) is 18.9 Å². The SMILES string of the molecule is COc1ccc(C(C)NCCN2CCCCCC2)cc1F. The third-order valence-electron chi connectivity index (χ3n) is 4.25. The van der Waals surface area contributed by atoms with E-state index in [2.05, 4.69) is 17.1 Å². The van der Waals surface area contributed by atoms with Crippen LogP contribution in [0.1, 0.15) is 44.2 Å². The molecule has 1 heterocycles. The maximum absolute atomic E-state index is 13.7. The molecule has 118 valence electrons. The number of hydrogen-bond acceptors (Lipinski definition) is 3. The second-order valence-corrected chi connectivity index (χ2v) is 5.83. The Hall–Kier alpha value is -1.13. The highest BCUT2D eigenvalue weighted by molar-refractivity contribution is 5.30. The molecule has 4 heteroatoms. The van der Waals surface area contributed by atoms with Crippen LogP contribution in [0.2, 0.25) is 0 Å². The molecular weight excluding hydrogens is 267 g/mol. The molecule has 1 aliphatic heterocycles. The largest absolute Gasteiger partial charge is 0.494 e. The molecule has 1 aromatic carbocycles. The molecule has 1 aromatic rings. The summed E-state index contributed by atoms with van der Waals surface area (Å²) in [6.45, 7) is 6.52. The van der Waals surface area contributed by atoms with E-state index in [1.807, 2.05) is 6.07 Å². The van der Waals surface area contributed by atoms with Crippen molar-refractivity contribution in [2.45, 2.75) is 38.6 Å². The van der Waals surface area contributed by atoms with Crippen molar-refractivity contribution in [3.63, 3.8) is 0 Å². The smallest absolute Gasteiger partial charge is 0.165 e. The quantitative estimate of drug-likeness (QED) is 0.870. The molecule has 1 N–H and O–H groups in total. The Labute approximate surface area is 127 Å². The van der Waals surface area contributed by atoms with Crippen molar-refractivity contribution in [1.82, 2.24) is 10.2 Å². The number of benzene rings is 1. The third-order valence-corrected chi connectivity index (χ3v) is 4.25. The van der Waals surface area contributed by atoms with Gasteiger partial charge in [0.25, 0.3) is 0 Å². The van der Waals surface area contributed by atoms with Crippen LogP contribution >= 0.6 is 0 Å². The third kappa shape index (κ3) is 4.97. The van der Waals surface area contributed by atoms with Crippen LogP contribution in [-0.4, -0.2) is 38.2 Å². The standard InChI is InChI=1S/C17H27FN2O/c1-14(15-7-8-17(21-2)16(18)13-15)19-9-12-20-10-5-3-4-6-11-20/h7-8,13-14,19H,3-6,9-12H2,1-2H3. The van der Waals surface area contributed by atoms with E-state index >= 15 is 0 Å². The van der Waals surface area contributed by atoms with Crippen LogP contribution in [0, 0.1) is 5.82 Å². The maximum atomic E-state index is 13.7. The number of halogens is 1. The van der Waals surface area contributed by atoms with Gasteiger partial charge < -0.3 is 15.0 Å². The van der Waals surface area contributed by atoms with E-state index in [-0.39, 0.29) is 11.9 Å². The first-order chi connectivity index (χ1) is 10.2. The molecule has 1 unspecified atom stereocenters. The highest BCUT2D eigenvalue weighted by atomic mass is 19.1. The zero-order valence-corrected chi connectivity index (χ0v) is 13.2. The van der Waals surface area contributed by atoms with Crippen molar-refractivity contribution in [3.05, 3.63) is 29.6 Å². The van der Waals surface area contributed by atoms with Crippen LogP contribution < -0.4 is 10.1 Å². The second kappa shape index (κ2) is 8.35. The van der Waals surface area contributed by atoms with Gasteiger partial charge in [0.05, 0.1) is 7.11 Å². The van der Waals surface area contributed by atoms with Gasteiger partial charge in [-0.25, -0.2) is 4.39 Å². The predicted octanol–water partition coefficient (Wildman–Crippen LogP) is 3.36. The Morgan fingerprint density at radius 3 is 2.57 bits per heavy atom. The van der Waals surface area contributed by atoms with Gasteiger partial charge in [0.15, 0.2) is 11.6 Å². The summed E-state index contributed by atoms with van der Waals surface area (Å²) in [5, 5.41) is 3.48. The summed E-state index contributed by atoms with van der Waals surface area (Å²) in [6.07, 6.45) is 5.37. The van der Waals surface area contributed by atoms with Crippen LogP contribution in [0.25, 0.3) is 0 Å². The first kappa shape index (κ1) is 16.2. The minimum absolute atomic E-state index is 0.150. The molecule has 3 nitrogen and oxygen atoms in total. The number of nitrogens with one attached hydrogen (secondary N) is 1. The van der Waals surface area contributed by atoms with Gasteiger partial charge in [-0.15, -0.1) is 0 Å². The van der Waals surface area contributed by atoms with Crippen LogP contribution in [-0.2, 0) is 0 Å². The molecule has 1 saturated heterocycles. The summed E-state index contributed by atoms with van der Waals surface area (Å²) in [4.78, 5) is 2.53. The molecule has 2 rings (SSSR count). The van der Waals surface area contributed by atoms with Gasteiger partial charge >= 0.3 is 0 Å². The molecule has 1 aliphatic rings. The molecular formula is C17H27FN2O. The summed E-state index contributed by atoms with van der Waals surface area (Å²) in [6, 6.07) is 5.32. The van der Waals surface area contributed by atoms with Crippen molar-refractivity contribution in [3.8, 4) is 5.75 Å². The lowest BCUT2D eigenvalue weighted by atomic mass is 10.1. The lowest BCUT2D eigenvalue weighted by Crippen LogP contribution is -2.33. The van der Waals surface area contributed by atoms with E-state index in [1.165, 1.54) is 45.9 Å². The fourth-order valence-corrected chi connectivity index (χ4v) is 2.87. The number of ether oxygens (including phenoxy) is 1. The van der Waals surface area contributed by atoms with Crippen LogP contribution in [0.3, 0.4) is 0 Å². The number of likely N-dealkylation sites (tertiary alicyclic amines) is 1. The molecule has 0 amide bonds.